The van der Waals surface area contributed by atoms with Crippen LogP contribution in [0.15, 0.2) is 48.5 Å². The van der Waals surface area contributed by atoms with Gasteiger partial charge in [-0.2, -0.15) is 0 Å². The first-order valence-electron chi connectivity index (χ1n) is 12.7. The summed E-state index contributed by atoms with van der Waals surface area (Å²) in [5.74, 6) is 0.979. The van der Waals surface area contributed by atoms with Crippen molar-refractivity contribution in [2.24, 2.45) is 5.92 Å². The van der Waals surface area contributed by atoms with Crippen molar-refractivity contribution in [1.29, 1.82) is 0 Å². The van der Waals surface area contributed by atoms with Gasteiger partial charge in [-0.15, -0.1) is 0 Å². The zero-order valence-corrected chi connectivity index (χ0v) is 20.0. The van der Waals surface area contributed by atoms with Crippen molar-refractivity contribution in [3.8, 4) is 16.9 Å². The van der Waals surface area contributed by atoms with Crippen LogP contribution < -0.4 is 4.74 Å². The number of carbonyl (C=O) groups excluding carboxylic acids is 1. The van der Waals surface area contributed by atoms with E-state index in [0.29, 0.717) is 0 Å². The van der Waals surface area contributed by atoms with Gasteiger partial charge in [0.2, 0.25) is 0 Å². The fourth-order valence-electron chi connectivity index (χ4n) is 4.43. The zero-order chi connectivity index (χ0) is 22.6. The highest BCUT2D eigenvalue weighted by Crippen LogP contribution is 2.36. The maximum atomic E-state index is 12.2. The van der Waals surface area contributed by atoms with E-state index in [-0.39, 0.29) is 18.0 Å². The molecule has 2 unspecified atom stereocenters. The predicted molar refractivity (Wildman–Crippen MR) is 132 cm³/mol. The third-order valence-electron chi connectivity index (χ3n) is 6.48. The van der Waals surface area contributed by atoms with Gasteiger partial charge in [0, 0.05) is 6.42 Å². The molecule has 1 aliphatic heterocycles. The topological polar surface area (TPSA) is 35.5 Å². The summed E-state index contributed by atoms with van der Waals surface area (Å²) in [4.78, 5) is 12.2. The van der Waals surface area contributed by atoms with E-state index >= 15 is 0 Å². The Hall–Kier alpha value is -2.29. The highest BCUT2D eigenvalue weighted by molar-refractivity contribution is 5.75. The molecule has 3 rings (SSSR count). The number of carbonyl (C=O) groups is 1. The van der Waals surface area contributed by atoms with E-state index in [1.54, 1.807) is 0 Å². The Kier molecular flexibility index (Phi) is 10.1. The Morgan fingerprint density at radius 2 is 1.38 bits per heavy atom. The first-order chi connectivity index (χ1) is 15.7. The van der Waals surface area contributed by atoms with Gasteiger partial charge in [0.1, 0.15) is 11.9 Å². The lowest BCUT2D eigenvalue weighted by Gasteiger charge is -2.11. The van der Waals surface area contributed by atoms with Crippen molar-refractivity contribution in [2.75, 3.05) is 6.61 Å². The summed E-state index contributed by atoms with van der Waals surface area (Å²) in [6, 6.07) is 16.8. The standard InChI is InChI=1S/C29H40O3/c1-3-5-7-8-9-11-21-31-27-19-17-24(18-20-27)23-13-15-25(16-14-23)28-22-26(29(30)32-28)12-10-6-4-2/h13-20,26,28H,3-12,21-22H2,1-2H3. The zero-order valence-electron chi connectivity index (χ0n) is 20.0. The first kappa shape index (κ1) is 24.4. The molecule has 0 radical (unpaired) electrons. The van der Waals surface area contributed by atoms with Gasteiger partial charge < -0.3 is 9.47 Å². The number of hydrogen-bond donors (Lipinski definition) is 0. The monoisotopic (exact) mass is 436 g/mol. The third-order valence-corrected chi connectivity index (χ3v) is 6.48. The average Bonchev–Trinajstić information content (AvgIpc) is 3.19. The van der Waals surface area contributed by atoms with Crippen LogP contribution in [0.1, 0.15) is 96.1 Å². The Morgan fingerprint density at radius 1 is 0.781 bits per heavy atom. The summed E-state index contributed by atoms with van der Waals surface area (Å²) < 4.78 is 11.6. The number of esters is 1. The van der Waals surface area contributed by atoms with E-state index in [0.717, 1.165) is 43.6 Å². The number of rotatable bonds is 14. The summed E-state index contributed by atoms with van der Waals surface area (Å²) >= 11 is 0. The van der Waals surface area contributed by atoms with Gasteiger partial charge in [0.15, 0.2) is 0 Å². The lowest BCUT2D eigenvalue weighted by molar-refractivity contribution is -0.144. The van der Waals surface area contributed by atoms with Crippen molar-refractivity contribution in [2.45, 2.75) is 90.6 Å². The van der Waals surface area contributed by atoms with E-state index in [2.05, 4.69) is 62.4 Å². The molecule has 3 heteroatoms. The third kappa shape index (κ3) is 7.39. The van der Waals surface area contributed by atoms with Crippen LogP contribution in [-0.4, -0.2) is 12.6 Å². The molecule has 0 aromatic heterocycles. The molecule has 0 aliphatic carbocycles. The molecule has 0 N–H and O–H groups in total. The van der Waals surface area contributed by atoms with E-state index in [1.807, 2.05) is 0 Å². The minimum Gasteiger partial charge on any atom is -0.494 e. The second-order valence-corrected chi connectivity index (χ2v) is 9.12. The smallest absolute Gasteiger partial charge is 0.309 e. The summed E-state index contributed by atoms with van der Waals surface area (Å²) in [6.07, 6.45) is 12.8. The largest absolute Gasteiger partial charge is 0.494 e. The lowest BCUT2D eigenvalue weighted by Crippen LogP contribution is -2.06. The van der Waals surface area contributed by atoms with Gasteiger partial charge in [-0.25, -0.2) is 0 Å². The van der Waals surface area contributed by atoms with Crippen LogP contribution in [0, 0.1) is 5.92 Å². The maximum Gasteiger partial charge on any atom is 0.309 e. The molecule has 2 aromatic carbocycles. The molecule has 2 aromatic rings. The molecule has 3 nitrogen and oxygen atoms in total. The lowest BCUT2D eigenvalue weighted by atomic mass is 9.94. The van der Waals surface area contributed by atoms with Crippen molar-refractivity contribution >= 4 is 5.97 Å². The van der Waals surface area contributed by atoms with Gasteiger partial charge in [-0.3, -0.25) is 4.79 Å². The van der Waals surface area contributed by atoms with E-state index in [4.69, 9.17) is 9.47 Å². The van der Waals surface area contributed by atoms with E-state index < -0.39 is 0 Å². The SMILES string of the molecule is CCCCCCCCOc1ccc(-c2ccc(C3CC(CCCCC)C(=O)O3)cc2)cc1. The van der Waals surface area contributed by atoms with Crippen LogP contribution in [0.5, 0.6) is 5.75 Å². The molecule has 0 spiro atoms. The molecule has 0 amide bonds. The van der Waals surface area contributed by atoms with Gasteiger partial charge in [0.05, 0.1) is 12.5 Å². The minimum atomic E-state index is -0.0964. The number of cyclic esters (lactones) is 1. The number of benzene rings is 2. The van der Waals surface area contributed by atoms with E-state index in [9.17, 15) is 4.79 Å². The maximum absolute atomic E-state index is 12.2. The molecule has 174 valence electrons. The van der Waals surface area contributed by atoms with Crippen molar-refractivity contribution in [1.82, 2.24) is 0 Å². The summed E-state index contributed by atoms with van der Waals surface area (Å²) in [7, 11) is 0. The average molecular weight is 437 g/mol. The Bertz CT molecular complexity index is 794. The minimum absolute atomic E-state index is 0.0215. The molecule has 1 heterocycles. The van der Waals surface area contributed by atoms with Gasteiger partial charge >= 0.3 is 5.97 Å². The predicted octanol–water partition coefficient (Wildman–Crippen LogP) is 8.28. The molecule has 1 aliphatic rings. The first-order valence-corrected chi connectivity index (χ1v) is 12.7. The fraction of sp³-hybridized carbons (Fsp3) is 0.552. The normalized spacial score (nSPS) is 18.0. The second-order valence-electron chi connectivity index (χ2n) is 9.12. The van der Waals surface area contributed by atoms with Crippen molar-refractivity contribution in [3.63, 3.8) is 0 Å². The number of ether oxygens (including phenoxy) is 2. The van der Waals surface area contributed by atoms with Crippen LogP contribution in [0.25, 0.3) is 11.1 Å². The highest BCUT2D eigenvalue weighted by atomic mass is 16.6. The number of hydrogen-bond acceptors (Lipinski definition) is 3. The summed E-state index contributed by atoms with van der Waals surface area (Å²) in [5, 5.41) is 0. The second kappa shape index (κ2) is 13.3. The van der Waals surface area contributed by atoms with Gasteiger partial charge in [-0.05, 0) is 41.7 Å². The fourth-order valence-corrected chi connectivity index (χ4v) is 4.43. The summed E-state index contributed by atoms with van der Waals surface area (Å²) in [5.41, 5.74) is 3.43. The van der Waals surface area contributed by atoms with Crippen LogP contribution in [-0.2, 0) is 9.53 Å². The van der Waals surface area contributed by atoms with E-state index in [1.165, 1.54) is 56.1 Å². The Morgan fingerprint density at radius 3 is 2.06 bits per heavy atom. The van der Waals surface area contributed by atoms with Crippen molar-refractivity contribution < 1.29 is 14.3 Å². The van der Waals surface area contributed by atoms with Crippen LogP contribution in [0.3, 0.4) is 0 Å². The highest BCUT2D eigenvalue weighted by Gasteiger charge is 2.34. The number of unbranched alkanes of at least 4 members (excludes halogenated alkanes) is 7. The van der Waals surface area contributed by atoms with Crippen molar-refractivity contribution in [3.05, 3.63) is 54.1 Å². The molecule has 1 saturated heterocycles. The molecule has 2 atom stereocenters. The molecule has 1 fully saturated rings. The Balaban J connectivity index is 1.46. The molecular weight excluding hydrogens is 396 g/mol. The molecule has 32 heavy (non-hydrogen) atoms. The van der Waals surface area contributed by atoms with Gasteiger partial charge in [0.25, 0.3) is 0 Å². The summed E-state index contributed by atoms with van der Waals surface area (Å²) in [6.45, 7) is 5.23. The van der Waals surface area contributed by atoms with Crippen LogP contribution >= 0.6 is 0 Å². The van der Waals surface area contributed by atoms with Crippen LogP contribution in [0.2, 0.25) is 0 Å². The molecular formula is C29H40O3. The van der Waals surface area contributed by atoms with Crippen LogP contribution in [0.4, 0.5) is 0 Å². The Labute approximate surface area is 194 Å². The molecule has 0 bridgehead atoms. The van der Waals surface area contributed by atoms with Gasteiger partial charge in [-0.1, -0.05) is 102 Å². The quantitative estimate of drug-likeness (QED) is 0.221. The molecule has 0 saturated carbocycles.